The molecule has 0 aromatic heterocycles. The second kappa shape index (κ2) is 5.25. The summed E-state index contributed by atoms with van der Waals surface area (Å²) in [5.41, 5.74) is 7.52. The van der Waals surface area contributed by atoms with Crippen molar-refractivity contribution in [1.82, 2.24) is 4.90 Å². The minimum atomic E-state index is 0.284. The van der Waals surface area contributed by atoms with Crippen LogP contribution in [0.3, 0.4) is 0 Å². The summed E-state index contributed by atoms with van der Waals surface area (Å²) in [6, 6.07) is 5.71. The van der Waals surface area contributed by atoms with E-state index < -0.39 is 0 Å². The van der Waals surface area contributed by atoms with Crippen LogP contribution >= 0.6 is 11.6 Å². The molecule has 0 unspecified atom stereocenters. The van der Waals surface area contributed by atoms with Crippen molar-refractivity contribution in [2.75, 3.05) is 18.8 Å². The molecule has 1 saturated heterocycles. The Morgan fingerprint density at radius 1 is 1.35 bits per heavy atom. The number of halogens is 1. The quantitative estimate of drug-likeness (QED) is 0.825. The molecule has 4 heteroatoms. The van der Waals surface area contributed by atoms with E-state index in [2.05, 4.69) is 18.7 Å². The topological polar surface area (TPSA) is 38.5 Å². The maximum absolute atomic E-state index is 6.18. The summed E-state index contributed by atoms with van der Waals surface area (Å²) in [7, 11) is 0. The highest BCUT2D eigenvalue weighted by molar-refractivity contribution is 6.31. The van der Waals surface area contributed by atoms with E-state index in [-0.39, 0.29) is 12.2 Å². The Labute approximate surface area is 107 Å². The lowest BCUT2D eigenvalue weighted by Gasteiger charge is -2.35. The van der Waals surface area contributed by atoms with Crippen molar-refractivity contribution in [3.63, 3.8) is 0 Å². The van der Waals surface area contributed by atoms with E-state index in [1.165, 1.54) is 0 Å². The van der Waals surface area contributed by atoms with Gasteiger partial charge in [-0.1, -0.05) is 17.7 Å². The van der Waals surface area contributed by atoms with E-state index in [1.54, 1.807) is 0 Å². The van der Waals surface area contributed by atoms with Gasteiger partial charge in [-0.25, -0.2) is 0 Å². The Hall–Kier alpha value is -0.770. The van der Waals surface area contributed by atoms with Crippen LogP contribution in [0.1, 0.15) is 19.4 Å². The molecule has 1 aliphatic rings. The molecular formula is C13H19ClN2O. The molecule has 1 aromatic carbocycles. The first-order chi connectivity index (χ1) is 8.04. The summed E-state index contributed by atoms with van der Waals surface area (Å²) in [5.74, 6) is 0. The number of nitrogens with two attached hydrogens (primary N) is 1. The first-order valence-electron chi connectivity index (χ1n) is 5.96. The zero-order valence-corrected chi connectivity index (χ0v) is 11.1. The lowest BCUT2D eigenvalue weighted by molar-refractivity contribution is -0.0704. The smallest absolute Gasteiger partial charge is 0.0678 e. The second-order valence-corrected chi connectivity index (χ2v) is 5.21. The molecule has 0 aliphatic carbocycles. The van der Waals surface area contributed by atoms with Gasteiger partial charge in [-0.05, 0) is 31.5 Å². The van der Waals surface area contributed by atoms with E-state index >= 15 is 0 Å². The number of rotatable bonds is 2. The van der Waals surface area contributed by atoms with Gasteiger partial charge in [0.05, 0.1) is 12.2 Å². The van der Waals surface area contributed by atoms with Crippen molar-refractivity contribution in [3.8, 4) is 0 Å². The lowest BCUT2D eigenvalue weighted by Crippen LogP contribution is -2.44. The Morgan fingerprint density at radius 2 is 2.00 bits per heavy atom. The zero-order chi connectivity index (χ0) is 12.4. The van der Waals surface area contributed by atoms with Crippen molar-refractivity contribution in [3.05, 3.63) is 28.8 Å². The van der Waals surface area contributed by atoms with Crippen molar-refractivity contribution in [2.24, 2.45) is 0 Å². The lowest BCUT2D eigenvalue weighted by atomic mass is 10.1. The fourth-order valence-electron chi connectivity index (χ4n) is 2.35. The van der Waals surface area contributed by atoms with E-state index in [4.69, 9.17) is 22.1 Å². The van der Waals surface area contributed by atoms with Crippen LogP contribution in [0.2, 0.25) is 5.02 Å². The molecule has 1 fully saturated rings. The first kappa shape index (κ1) is 12.7. The third-order valence-corrected chi connectivity index (χ3v) is 3.32. The Kier molecular flexibility index (Phi) is 3.92. The van der Waals surface area contributed by atoms with Gasteiger partial charge >= 0.3 is 0 Å². The molecule has 0 radical (unpaired) electrons. The van der Waals surface area contributed by atoms with Crippen LogP contribution in [-0.4, -0.2) is 30.2 Å². The SMILES string of the molecule is C[C@@H]1CN(Cc2ccc(N)cc2Cl)C[C@H](C)O1. The summed E-state index contributed by atoms with van der Waals surface area (Å²) < 4.78 is 5.71. The number of hydrogen-bond acceptors (Lipinski definition) is 3. The maximum atomic E-state index is 6.18. The Balaban J connectivity index is 2.04. The molecule has 0 bridgehead atoms. The first-order valence-corrected chi connectivity index (χ1v) is 6.34. The average molecular weight is 255 g/mol. The van der Waals surface area contributed by atoms with Gasteiger partial charge < -0.3 is 10.5 Å². The normalized spacial score (nSPS) is 26.1. The number of nitrogens with zero attached hydrogens (tertiary/aromatic N) is 1. The molecule has 2 N–H and O–H groups in total. The largest absolute Gasteiger partial charge is 0.399 e. The highest BCUT2D eigenvalue weighted by Gasteiger charge is 2.22. The molecule has 2 atom stereocenters. The third-order valence-electron chi connectivity index (χ3n) is 2.97. The summed E-state index contributed by atoms with van der Waals surface area (Å²) >= 11 is 6.18. The molecule has 0 spiro atoms. The summed E-state index contributed by atoms with van der Waals surface area (Å²) in [6.07, 6.45) is 0.567. The molecular weight excluding hydrogens is 236 g/mol. The van der Waals surface area contributed by atoms with Gasteiger partial charge in [0, 0.05) is 30.3 Å². The number of benzene rings is 1. The monoisotopic (exact) mass is 254 g/mol. The van der Waals surface area contributed by atoms with Gasteiger partial charge in [0.2, 0.25) is 0 Å². The molecule has 1 heterocycles. The number of anilines is 1. The van der Waals surface area contributed by atoms with Crippen LogP contribution < -0.4 is 5.73 Å². The van der Waals surface area contributed by atoms with E-state index in [0.29, 0.717) is 5.69 Å². The number of nitrogen functional groups attached to an aromatic ring is 1. The van der Waals surface area contributed by atoms with E-state index in [9.17, 15) is 0 Å². The Bertz CT molecular complexity index is 387. The predicted octanol–water partition coefficient (Wildman–Crippen LogP) is 2.53. The van der Waals surface area contributed by atoms with Gasteiger partial charge in [-0.15, -0.1) is 0 Å². The fraction of sp³-hybridized carbons (Fsp3) is 0.538. The van der Waals surface area contributed by atoms with Crippen molar-refractivity contribution in [2.45, 2.75) is 32.6 Å². The Morgan fingerprint density at radius 3 is 2.59 bits per heavy atom. The molecule has 0 amide bonds. The molecule has 1 aliphatic heterocycles. The van der Waals surface area contributed by atoms with Gasteiger partial charge in [0.1, 0.15) is 0 Å². The van der Waals surface area contributed by atoms with E-state index in [1.807, 2.05) is 18.2 Å². The van der Waals surface area contributed by atoms with Crippen LogP contribution in [-0.2, 0) is 11.3 Å². The fourth-order valence-corrected chi connectivity index (χ4v) is 2.59. The second-order valence-electron chi connectivity index (χ2n) is 4.80. The zero-order valence-electron chi connectivity index (χ0n) is 10.3. The molecule has 3 nitrogen and oxygen atoms in total. The number of morpholine rings is 1. The van der Waals surface area contributed by atoms with Gasteiger partial charge in [-0.3, -0.25) is 4.90 Å². The average Bonchev–Trinajstić information content (AvgIpc) is 2.21. The minimum absolute atomic E-state index is 0.284. The number of ether oxygens (including phenoxy) is 1. The van der Waals surface area contributed by atoms with Crippen LogP contribution in [0.15, 0.2) is 18.2 Å². The molecule has 17 heavy (non-hydrogen) atoms. The van der Waals surface area contributed by atoms with Crippen molar-refractivity contribution in [1.29, 1.82) is 0 Å². The van der Waals surface area contributed by atoms with Gasteiger partial charge in [0.15, 0.2) is 0 Å². The van der Waals surface area contributed by atoms with Crippen LogP contribution in [0.25, 0.3) is 0 Å². The number of hydrogen-bond donors (Lipinski definition) is 1. The highest BCUT2D eigenvalue weighted by atomic mass is 35.5. The molecule has 2 rings (SSSR count). The van der Waals surface area contributed by atoms with Crippen LogP contribution in [0.5, 0.6) is 0 Å². The van der Waals surface area contributed by atoms with Crippen LogP contribution in [0.4, 0.5) is 5.69 Å². The van der Waals surface area contributed by atoms with Crippen molar-refractivity contribution >= 4 is 17.3 Å². The van der Waals surface area contributed by atoms with Crippen molar-refractivity contribution < 1.29 is 4.74 Å². The summed E-state index contributed by atoms with van der Waals surface area (Å²) in [5, 5.41) is 0.747. The molecule has 0 saturated carbocycles. The third kappa shape index (κ3) is 3.35. The predicted molar refractivity (Wildman–Crippen MR) is 71.2 cm³/mol. The van der Waals surface area contributed by atoms with Gasteiger partial charge in [-0.2, -0.15) is 0 Å². The molecule has 1 aromatic rings. The summed E-state index contributed by atoms with van der Waals surface area (Å²) in [6.45, 7) is 6.97. The molecule has 94 valence electrons. The standard InChI is InChI=1S/C13H19ClN2O/c1-9-6-16(7-10(2)17-9)8-11-3-4-12(15)5-13(11)14/h3-5,9-10H,6-8,15H2,1-2H3/t9-,10+. The minimum Gasteiger partial charge on any atom is -0.399 e. The van der Waals surface area contributed by atoms with Crippen LogP contribution in [0, 0.1) is 0 Å². The van der Waals surface area contributed by atoms with E-state index in [0.717, 1.165) is 30.2 Å². The van der Waals surface area contributed by atoms with Gasteiger partial charge in [0.25, 0.3) is 0 Å². The highest BCUT2D eigenvalue weighted by Crippen LogP contribution is 2.22. The summed E-state index contributed by atoms with van der Waals surface area (Å²) in [4.78, 5) is 2.37. The maximum Gasteiger partial charge on any atom is 0.0678 e.